The molecule has 0 radical (unpaired) electrons. The molecule has 0 bridgehead atoms. The number of aryl methyl sites for hydroxylation is 1. The lowest BCUT2D eigenvalue weighted by molar-refractivity contribution is 0.102. The Bertz CT molecular complexity index is 1220. The monoisotopic (exact) mass is 463 g/mol. The van der Waals surface area contributed by atoms with E-state index in [1.807, 2.05) is 62.4 Å². The summed E-state index contributed by atoms with van der Waals surface area (Å²) in [5.74, 6) is -0.130. The van der Waals surface area contributed by atoms with Crippen LogP contribution in [0.2, 0.25) is 0 Å². The van der Waals surface area contributed by atoms with Gasteiger partial charge in [0.05, 0.1) is 4.90 Å². The van der Waals surface area contributed by atoms with Crippen LogP contribution in [0.1, 0.15) is 27.0 Å². The number of rotatable bonds is 6. The Hall–Kier alpha value is -3.00. The van der Waals surface area contributed by atoms with Crippen molar-refractivity contribution in [1.29, 1.82) is 0 Å². The van der Waals surface area contributed by atoms with Crippen molar-refractivity contribution >= 4 is 21.6 Å². The third-order valence-electron chi connectivity index (χ3n) is 6.19. The van der Waals surface area contributed by atoms with Gasteiger partial charge in [-0.3, -0.25) is 9.69 Å². The molecule has 1 fully saturated rings. The van der Waals surface area contributed by atoms with E-state index in [4.69, 9.17) is 0 Å². The molecule has 1 amide bonds. The van der Waals surface area contributed by atoms with Gasteiger partial charge in [-0.05, 0) is 60.9 Å². The minimum atomic E-state index is -3.44. The van der Waals surface area contributed by atoms with Crippen LogP contribution in [0.5, 0.6) is 0 Å². The maximum absolute atomic E-state index is 12.8. The molecule has 1 heterocycles. The lowest BCUT2D eigenvalue weighted by Gasteiger charge is -2.34. The maximum Gasteiger partial charge on any atom is 0.255 e. The van der Waals surface area contributed by atoms with Crippen molar-refractivity contribution in [2.24, 2.45) is 0 Å². The zero-order chi connectivity index (χ0) is 23.4. The number of amides is 1. The molecule has 1 aliphatic rings. The van der Waals surface area contributed by atoms with Gasteiger partial charge in [-0.1, -0.05) is 42.5 Å². The van der Waals surface area contributed by atoms with Gasteiger partial charge < -0.3 is 5.32 Å². The number of hydrogen-bond donors (Lipinski definition) is 1. The van der Waals surface area contributed by atoms with Crippen LogP contribution in [0.15, 0.2) is 77.7 Å². The summed E-state index contributed by atoms with van der Waals surface area (Å²) >= 11 is 0. The normalized spacial score (nSPS) is 15.3. The molecule has 0 aliphatic carbocycles. The first-order valence-corrected chi connectivity index (χ1v) is 12.5. The molecule has 3 aromatic rings. The molecule has 7 heteroatoms. The van der Waals surface area contributed by atoms with Gasteiger partial charge >= 0.3 is 0 Å². The average molecular weight is 464 g/mol. The van der Waals surface area contributed by atoms with E-state index in [0.29, 0.717) is 36.6 Å². The molecule has 4 rings (SSSR count). The standard InChI is InChI=1S/C26H29N3O3S/c1-20-7-6-10-25(21(20)2)27-26(30)23-13-11-22(12-14-23)19-28-15-17-29(18-16-28)33(31,32)24-8-4-3-5-9-24/h3-14H,15-19H2,1-2H3,(H,27,30). The topological polar surface area (TPSA) is 69.7 Å². The van der Waals surface area contributed by atoms with Gasteiger partial charge in [0.25, 0.3) is 5.91 Å². The predicted molar refractivity (Wildman–Crippen MR) is 131 cm³/mol. The second kappa shape index (κ2) is 9.87. The molecule has 33 heavy (non-hydrogen) atoms. The highest BCUT2D eigenvalue weighted by Gasteiger charge is 2.28. The summed E-state index contributed by atoms with van der Waals surface area (Å²) < 4.78 is 27.1. The SMILES string of the molecule is Cc1cccc(NC(=O)c2ccc(CN3CCN(S(=O)(=O)c4ccccc4)CC3)cc2)c1C. The van der Waals surface area contributed by atoms with Crippen LogP contribution in [0.25, 0.3) is 0 Å². The van der Waals surface area contributed by atoms with E-state index in [0.717, 1.165) is 28.9 Å². The molecule has 0 saturated carbocycles. The zero-order valence-corrected chi connectivity index (χ0v) is 19.8. The predicted octanol–water partition coefficient (Wildman–Crippen LogP) is 4.06. The van der Waals surface area contributed by atoms with Crippen LogP contribution < -0.4 is 5.32 Å². The fourth-order valence-electron chi connectivity index (χ4n) is 3.97. The molecule has 1 N–H and O–H groups in total. The van der Waals surface area contributed by atoms with Crippen LogP contribution in [-0.2, 0) is 16.6 Å². The van der Waals surface area contributed by atoms with Gasteiger partial charge in [-0.15, -0.1) is 0 Å². The van der Waals surface area contributed by atoms with Gasteiger partial charge in [-0.2, -0.15) is 4.31 Å². The smallest absolute Gasteiger partial charge is 0.255 e. The molecule has 3 aromatic carbocycles. The lowest BCUT2D eigenvalue weighted by atomic mass is 10.1. The number of nitrogens with one attached hydrogen (secondary N) is 1. The summed E-state index contributed by atoms with van der Waals surface area (Å²) in [7, 11) is -3.44. The van der Waals surface area contributed by atoms with Crippen LogP contribution in [0.3, 0.4) is 0 Å². The fourth-order valence-corrected chi connectivity index (χ4v) is 5.41. The molecule has 1 saturated heterocycles. The summed E-state index contributed by atoms with van der Waals surface area (Å²) in [6.07, 6.45) is 0. The largest absolute Gasteiger partial charge is 0.322 e. The van der Waals surface area contributed by atoms with Crippen LogP contribution in [-0.4, -0.2) is 49.7 Å². The van der Waals surface area contributed by atoms with Crippen LogP contribution in [0.4, 0.5) is 5.69 Å². The summed E-state index contributed by atoms with van der Waals surface area (Å²) in [5.41, 5.74) is 4.74. The van der Waals surface area contributed by atoms with Gasteiger partial charge in [-0.25, -0.2) is 8.42 Å². The molecule has 0 aromatic heterocycles. The summed E-state index contributed by atoms with van der Waals surface area (Å²) in [6.45, 7) is 7.01. The van der Waals surface area contributed by atoms with Crippen molar-refractivity contribution in [3.05, 3.63) is 95.1 Å². The molecule has 0 unspecified atom stereocenters. The van der Waals surface area contributed by atoms with Crippen molar-refractivity contribution in [3.8, 4) is 0 Å². The van der Waals surface area contributed by atoms with Crippen molar-refractivity contribution in [1.82, 2.24) is 9.21 Å². The summed E-state index contributed by atoms with van der Waals surface area (Å²) in [5, 5.41) is 2.99. The third-order valence-corrected chi connectivity index (χ3v) is 8.10. The quantitative estimate of drug-likeness (QED) is 0.599. The second-order valence-electron chi connectivity index (χ2n) is 8.39. The van der Waals surface area contributed by atoms with E-state index in [1.54, 1.807) is 28.6 Å². The van der Waals surface area contributed by atoms with E-state index in [-0.39, 0.29) is 5.91 Å². The second-order valence-corrected chi connectivity index (χ2v) is 10.3. The highest BCUT2D eigenvalue weighted by atomic mass is 32.2. The van der Waals surface area contributed by atoms with E-state index in [9.17, 15) is 13.2 Å². The number of anilines is 1. The van der Waals surface area contributed by atoms with E-state index >= 15 is 0 Å². The molecule has 6 nitrogen and oxygen atoms in total. The number of hydrogen-bond acceptors (Lipinski definition) is 4. The van der Waals surface area contributed by atoms with Crippen molar-refractivity contribution < 1.29 is 13.2 Å². The van der Waals surface area contributed by atoms with Gasteiger partial charge in [0.1, 0.15) is 0 Å². The Kier molecular flexibility index (Phi) is 6.93. The fraction of sp³-hybridized carbons (Fsp3) is 0.269. The Morgan fingerprint density at radius 2 is 1.52 bits per heavy atom. The van der Waals surface area contributed by atoms with Crippen molar-refractivity contribution in [3.63, 3.8) is 0 Å². The van der Waals surface area contributed by atoms with E-state index in [1.165, 1.54) is 0 Å². The molecule has 1 aliphatic heterocycles. The minimum Gasteiger partial charge on any atom is -0.322 e. The molecular weight excluding hydrogens is 434 g/mol. The highest BCUT2D eigenvalue weighted by Crippen LogP contribution is 2.20. The molecule has 172 valence electrons. The van der Waals surface area contributed by atoms with Gasteiger partial charge in [0.2, 0.25) is 10.0 Å². The van der Waals surface area contributed by atoms with E-state index < -0.39 is 10.0 Å². The number of benzene rings is 3. The Labute approximate surface area is 195 Å². The third kappa shape index (κ3) is 5.33. The number of carbonyl (C=O) groups excluding carboxylic acids is 1. The number of nitrogens with zero attached hydrogens (tertiary/aromatic N) is 2. The first-order valence-electron chi connectivity index (χ1n) is 11.1. The average Bonchev–Trinajstić information content (AvgIpc) is 2.83. The summed E-state index contributed by atoms with van der Waals surface area (Å²) in [4.78, 5) is 15.2. The van der Waals surface area contributed by atoms with Gasteiger partial charge in [0, 0.05) is 44.0 Å². The lowest BCUT2D eigenvalue weighted by Crippen LogP contribution is -2.48. The maximum atomic E-state index is 12.8. The molecular formula is C26H29N3O3S. The first kappa shape index (κ1) is 23.2. The van der Waals surface area contributed by atoms with Crippen molar-refractivity contribution in [2.45, 2.75) is 25.3 Å². The number of sulfonamides is 1. The zero-order valence-electron chi connectivity index (χ0n) is 19.0. The number of piperazine rings is 1. The molecule has 0 spiro atoms. The Morgan fingerprint density at radius 3 is 2.18 bits per heavy atom. The van der Waals surface area contributed by atoms with Crippen LogP contribution >= 0.6 is 0 Å². The first-order chi connectivity index (χ1) is 15.8. The Balaban J connectivity index is 1.33. The summed E-state index contributed by atoms with van der Waals surface area (Å²) in [6, 6.07) is 22.1. The van der Waals surface area contributed by atoms with Crippen molar-refractivity contribution in [2.75, 3.05) is 31.5 Å². The molecule has 0 atom stereocenters. The minimum absolute atomic E-state index is 0.130. The van der Waals surface area contributed by atoms with Crippen LogP contribution in [0, 0.1) is 13.8 Å². The van der Waals surface area contributed by atoms with Gasteiger partial charge in [0.15, 0.2) is 0 Å². The highest BCUT2D eigenvalue weighted by molar-refractivity contribution is 7.89. The number of carbonyl (C=O) groups is 1. The van der Waals surface area contributed by atoms with E-state index in [2.05, 4.69) is 10.2 Å². The Morgan fingerprint density at radius 1 is 0.848 bits per heavy atom.